The fourth-order valence-electron chi connectivity index (χ4n) is 2.13. The molecule has 23 heavy (non-hydrogen) atoms. The number of ether oxygens (including phenoxy) is 1. The van der Waals surface area contributed by atoms with Crippen LogP contribution in [0.15, 0.2) is 59.1 Å². The number of rotatable bonds is 4. The van der Waals surface area contributed by atoms with Gasteiger partial charge in [-0.15, -0.1) is 0 Å². The fourth-order valence-corrected chi connectivity index (χ4v) is 2.13. The number of oxazole rings is 1. The Morgan fingerprint density at radius 3 is 2.74 bits per heavy atom. The third-order valence-corrected chi connectivity index (χ3v) is 3.31. The van der Waals surface area contributed by atoms with Gasteiger partial charge in [0.2, 0.25) is 5.89 Å². The van der Waals surface area contributed by atoms with Crippen molar-refractivity contribution in [1.82, 2.24) is 4.98 Å². The van der Waals surface area contributed by atoms with E-state index in [2.05, 4.69) is 4.98 Å². The molecular formula is C18H15NO4. The van der Waals surface area contributed by atoms with Gasteiger partial charge in [-0.2, -0.15) is 0 Å². The molecule has 0 bridgehead atoms. The Hall–Kier alpha value is -3.08. The molecule has 0 spiro atoms. The topological polar surface area (TPSA) is 72.6 Å². The highest BCUT2D eigenvalue weighted by Crippen LogP contribution is 2.22. The maximum absolute atomic E-state index is 12.0. The number of hydrogen-bond donors (Lipinski definition) is 1. The summed E-state index contributed by atoms with van der Waals surface area (Å²) in [6, 6.07) is 14.3. The second-order valence-corrected chi connectivity index (χ2v) is 5.08. The summed E-state index contributed by atoms with van der Waals surface area (Å²) in [7, 11) is 0. The maximum atomic E-state index is 12.0. The molecule has 0 aliphatic heterocycles. The van der Waals surface area contributed by atoms with E-state index in [4.69, 9.17) is 9.15 Å². The van der Waals surface area contributed by atoms with Crippen molar-refractivity contribution in [3.8, 4) is 17.1 Å². The summed E-state index contributed by atoms with van der Waals surface area (Å²) >= 11 is 0. The van der Waals surface area contributed by atoms with Crippen LogP contribution in [-0.2, 0) is 11.3 Å². The summed E-state index contributed by atoms with van der Waals surface area (Å²) in [4.78, 5) is 16.1. The molecule has 116 valence electrons. The highest BCUT2D eigenvalue weighted by atomic mass is 16.5. The Balaban J connectivity index is 1.67. The van der Waals surface area contributed by atoms with Gasteiger partial charge in [-0.25, -0.2) is 9.78 Å². The Labute approximate surface area is 133 Å². The molecule has 0 unspecified atom stereocenters. The molecule has 5 heteroatoms. The second-order valence-electron chi connectivity index (χ2n) is 5.08. The number of hydrogen-bond acceptors (Lipinski definition) is 5. The predicted octanol–water partition coefficient (Wildman–Crippen LogP) is 3.71. The molecule has 0 saturated carbocycles. The van der Waals surface area contributed by atoms with Gasteiger partial charge in [0.25, 0.3) is 0 Å². The first-order valence-corrected chi connectivity index (χ1v) is 7.10. The summed E-state index contributed by atoms with van der Waals surface area (Å²) in [5.74, 6) is 0.174. The lowest BCUT2D eigenvalue weighted by Crippen LogP contribution is -2.05. The van der Waals surface area contributed by atoms with Crippen LogP contribution in [0.3, 0.4) is 0 Å². The standard InChI is InChI=1S/C18H15NO4/c1-12-7-8-14(15(20)9-12)18(21)22-11-17-19-10-16(23-17)13-5-3-2-4-6-13/h2-10,20H,11H2,1H3. The van der Waals surface area contributed by atoms with E-state index >= 15 is 0 Å². The largest absolute Gasteiger partial charge is 0.507 e. The van der Waals surface area contributed by atoms with Crippen LogP contribution in [0.5, 0.6) is 5.75 Å². The Morgan fingerprint density at radius 2 is 2.00 bits per heavy atom. The number of aromatic hydroxyl groups is 1. The molecule has 0 fully saturated rings. The predicted molar refractivity (Wildman–Crippen MR) is 83.9 cm³/mol. The van der Waals surface area contributed by atoms with Gasteiger partial charge in [0, 0.05) is 5.56 Å². The third-order valence-electron chi connectivity index (χ3n) is 3.31. The van der Waals surface area contributed by atoms with Crippen molar-refractivity contribution < 1.29 is 19.1 Å². The summed E-state index contributed by atoms with van der Waals surface area (Å²) in [6.07, 6.45) is 1.59. The zero-order valence-corrected chi connectivity index (χ0v) is 12.5. The molecule has 0 radical (unpaired) electrons. The molecule has 0 amide bonds. The summed E-state index contributed by atoms with van der Waals surface area (Å²) in [6.45, 7) is 1.73. The zero-order valence-electron chi connectivity index (χ0n) is 12.5. The number of esters is 1. The molecule has 1 N–H and O–H groups in total. The minimum Gasteiger partial charge on any atom is -0.507 e. The summed E-state index contributed by atoms with van der Waals surface area (Å²) in [5.41, 5.74) is 1.87. The van der Waals surface area contributed by atoms with Crippen LogP contribution in [0, 0.1) is 6.92 Å². The van der Waals surface area contributed by atoms with Crippen molar-refractivity contribution in [3.63, 3.8) is 0 Å². The van der Waals surface area contributed by atoms with E-state index < -0.39 is 5.97 Å². The SMILES string of the molecule is Cc1ccc(C(=O)OCc2ncc(-c3ccccc3)o2)c(O)c1. The number of nitrogens with zero attached hydrogens (tertiary/aromatic N) is 1. The van der Waals surface area contributed by atoms with E-state index in [1.165, 1.54) is 12.1 Å². The molecule has 1 aromatic heterocycles. The highest BCUT2D eigenvalue weighted by molar-refractivity contribution is 5.92. The van der Waals surface area contributed by atoms with Gasteiger partial charge in [-0.05, 0) is 24.6 Å². The molecular weight excluding hydrogens is 294 g/mol. The van der Waals surface area contributed by atoms with Gasteiger partial charge in [0.05, 0.1) is 6.20 Å². The van der Waals surface area contributed by atoms with E-state index in [0.717, 1.165) is 11.1 Å². The monoisotopic (exact) mass is 309 g/mol. The van der Waals surface area contributed by atoms with Gasteiger partial charge in [0.15, 0.2) is 12.4 Å². The van der Waals surface area contributed by atoms with Crippen molar-refractivity contribution in [2.75, 3.05) is 0 Å². The number of aromatic nitrogens is 1. The lowest BCUT2D eigenvalue weighted by atomic mass is 10.1. The van der Waals surface area contributed by atoms with Crippen LogP contribution in [0.25, 0.3) is 11.3 Å². The van der Waals surface area contributed by atoms with E-state index in [1.807, 2.05) is 37.3 Å². The van der Waals surface area contributed by atoms with Crippen LogP contribution in [0.1, 0.15) is 21.8 Å². The number of aryl methyl sites for hydroxylation is 1. The molecule has 0 aliphatic rings. The van der Waals surface area contributed by atoms with Crippen LogP contribution in [-0.4, -0.2) is 16.1 Å². The summed E-state index contributed by atoms with van der Waals surface area (Å²) < 4.78 is 10.7. The highest BCUT2D eigenvalue weighted by Gasteiger charge is 2.14. The molecule has 0 atom stereocenters. The number of carbonyl (C=O) groups excluding carboxylic acids is 1. The van der Waals surface area contributed by atoms with Gasteiger partial charge in [-0.1, -0.05) is 36.4 Å². The fraction of sp³-hybridized carbons (Fsp3) is 0.111. The van der Waals surface area contributed by atoms with Crippen LogP contribution in [0.2, 0.25) is 0 Å². The summed E-state index contributed by atoms with van der Waals surface area (Å²) in [5, 5.41) is 9.77. The number of phenols is 1. The average molecular weight is 309 g/mol. The van der Waals surface area contributed by atoms with Gasteiger partial charge < -0.3 is 14.3 Å². The quantitative estimate of drug-likeness (QED) is 0.744. The minimum absolute atomic E-state index is 0.0982. The number of benzene rings is 2. The molecule has 0 saturated heterocycles. The second kappa shape index (κ2) is 6.36. The third kappa shape index (κ3) is 3.40. The lowest BCUT2D eigenvalue weighted by molar-refractivity contribution is 0.0435. The minimum atomic E-state index is -0.623. The van der Waals surface area contributed by atoms with Gasteiger partial charge >= 0.3 is 5.97 Å². The first-order valence-electron chi connectivity index (χ1n) is 7.10. The van der Waals surface area contributed by atoms with Crippen molar-refractivity contribution in [2.45, 2.75) is 13.5 Å². The van der Waals surface area contributed by atoms with Crippen LogP contribution < -0.4 is 0 Å². The molecule has 5 nitrogen and oxygen atoms in total. The zero-order chi connectivity index (χ0) is 16.2. The molecule has 3 rings (SSSR count). The Morgan fingerprint density at radius 1 is 1.22 bits per heavy atom. The van der Waals surface area contributed by atoms with Gasteiger partial charge in [0.1, 0.15) is 11.3 Å². The van der Waals surface area contributed by atoms with E-state index in [9.17, 15) is 9.90 Å². The van der Waals surface area contributed by atoms with Crippen molar-refractivity contribution in [2.24, 2.45) is 0 Å². The number of phenolic OH excluding ortho intramolecular Hbond substituents is 1. The Kier molecular flexibility index (Phi) is 4.10. The first kappa shape index (κ1) is 14.8. The molecule has 1 heterocycles. The van der Waals surface area contributed by atoms with E-state index in [-0.39, 0.29) is 17.9 Å². The average Bonchev–Trinajstić information content (AvgIpc) is 3.02. The molecule has 3 aromatic rings. The van der Waals surface area contributed by atoms with Crippen molar-refractivity contribution in [3.05, 3.63) is 71.7 Å². The van der Waals surface area contributed by atoms with Crippen molar-refractivity contribution >= 4 is 5.97 Å². The van der Waals surface area contributed by atoms with Crippen LogP contribution in [0.4, 0.5) is 0 Å². The Bertz CT molecular complexity index is 824. The lowest BCUT2D eigenvalue weighted by Gasteiger charge is -2.05. The smallest absolute Gasteiger partial charge is 0.342 e. The van der Waals surface area contributed by atoms with E-state index in [0.29, 0.717) is 11.7 Å². The van der Waals surface area contributed by atoms with Gasteiger partial charge in [-0.3, -0.25) is 0 Å². The first-order chi connectivity index (χ1) is 11.1. The normalized spacial score (nSPS) is 10.5. The number of carbonyl (C=O) groups is 1. The van der Waals surface area contributed by atoms with Crippen LogP contribution >= 0.6 is 0 Å². The maximum Gasteiger partial charge on any atom is 0.342 e. The molecule has 2 aromatic carbocycles. The van der Waals surface area contributed by atoms with E-state index in [1.54, 1.807) is 12.3 Å². The molecule has 0 aliphatic carbocycles. The van der Waals surface area contributed by atoms with Crippen molar-refractivity contribution in [1.29, 1.82) is 0 Å².